The SMILES string of the molecule is O=C=Nc1c(F)ccc(Br)c1C(=O)O. The third-order valence-electron chi connectivity index (χ3n) is 1.45. The van der Waals surface area contributed by atoms with E-state index in [0.29, 0.717) is 0 Å². The zero-order valence-electron chi connectivity index (χ0n) is 6.62. The molecule has 72 valence electrons. The molecule has 0 bridgehead atoms. The van der Waals surface area contributed by atoms with Gasteiger partial charge in [0.25, 0.3) is 0 Å². The Morgan fingerprint density at radius 3 is 2.71 bits per heavy atom. The molecule has 0 aliphatic rings. The summed E-state index contributed by atoms with van der Waals surface area (Å²) in [5, 5.41) is 8.71. The summed E-state index contributed by atoms with van der Waals surface area (Å²) >= 11 is 2.91. The van der Waals surface area contributed by atoms with Crippen molar-refractivity contribution in [3.63, 3.8) is 0 Å². The molecular formula is C8H3BrFNO3. The highest BCUT2D eigenvalue weighted by Gasteiger charge is 2.17. The summed E-state index contributed by atoms with van der Waals surface area (Å²) in [6.45, 7) is 0. The van der Waals surface area contributed by atoms with Gasteiger partial charge in [-0.1, -0.05) is 0 Å². The van der Waals surface area contributed by atoms with Crippen LogP contribution >= 0.6 is 15.9 Å². The molecule has 14 heavy (non-hydrogen) atoms. The second kappa shape index (κ2) is 4.13. The number of aliphatic imine (C=N–C) groups is 1. The Kier molecular flexibility index (Phi) is 3.11. The minimum atomic E-state index is -1.37. The predicted octanol–water partition coefficient (Wildman–Crippen LogP) is 2.25. The van der Waals surface area contributed by atoms with Crippen LogP contribution < -0.4 is 0 Å². The van der Waals surface area contributed by atoms with Gasteiger partial charge in [0.1, 0.15) is 11.3 Å². The Labute approximate surface area is 86.2 Å². The third-order valence-corrected chi connectivity index (χ3v) is 2.11. The first-order valence-corrected chi connectivity index (χ1v) is 4.16. The standard InChI is InChI=1S/C8H3BrFNO3/c9-4-1-2-5(10)7(11-3-12)6(4)8(13)14/h1-2H,(H,13,14). The van der Waals surface area contributed by atoms with Crippen LogP contribution in [-0.2, 0) is 4.79 Å². The Bertz CT molecular complexity index is 413. The van der Waals surface area contributed by atoms with Crippen LogP contribution in [0.1, 0.15) is 10.4 Å². The summed E-state index contributed by atoms with van der Waals surface area (Å²) in [6.07, 6.45) is 1.10. The van der Waals surface area contributed by atoms with Crippen molar-refractivity contribution in [2.45, 2.75) is 0 Å². The molecule has 1 N–H and O–H groups in total. The zero-order valence-corrected chi connectivity index (χ0v) is 8.21. The van der Waals surface area contributed by atoms with Crippen LogP contribution in [0.2, 0.25) is 0 Å². The smallest absolute Gasteiger partial charge is 0.339 e. The minimum Gasteiger partial charge on any atom is -0.478 e. The minimum absolute atomic E-state index is 0.153. The number of benzene rings is 1. The number of nitrogens with zero attached hydrogens (tertiary/aromatic N) is 1. The first kappa shape index (κ1) is 10.6. The average Bonchev–Trinajstić information content (AvgIpc) is 2.11. The number of isocyanates is 1. The van der Waals surface area contributed by atoms with E-state index in [1.54, 1.807) is 0 Å². The van der Waals surface area contributed by atoms with Crippen molar-refractivity contribution in [1.82, 2.24) is 0 Å². The summed E-state index contributed by atoms with van der Waals surface area (Å²) in [6, 6.07) is 2.23. The topological polar surface area (TPSA) is 66.7 Å². The highest BCUT2D eigenvalue weighted by molar-refractivity contribution is 9.10. The molecular weight excluding hydrogens is 257 g/mol. The second-order valence-electron chi connectivity index (χ2n) is 2.26. The lowest BCUT2D eigenvalue weighted by Gasteiger charge is -2.02. The molecule has 0 saturated carbocycles. The van der Waals surface area contributed by atoms with Crippen molar-refractivity contribution in [3.05, 3.63) is 28.0 Å². The lowest BCUT2D eigenvalue weighted by Crippen LogP contribution is -1.99. The molecule has 0 spiro atoms. The highest BCUT2D eigenvalue weighted by Crippen LogP contribution is 2.29. The van der Waals surface area contributed by atoms with Crippen molar-refractivity contribution in [3.8, 4) is 0 Å². The van der Waals surface area contributed by atoms with Crippen LogP contribution in [0.25, 0.3) is 0 Å². The Morgan fingerprint density at radius 2 is 2.21 bits per heavy atom. The van der Waals surface area contributed by atoms with Crippen molar-refractivity contribution >= 4 is 33.7 Å². The van der Waals surface area contributed by atoms with Crippen LogP contribution in [0.3, 0.4) is 0 Å². The molecule has 0 heterocycles. The molecule has 0 aliphatic heterocycles. The van der Waals surface area contributed by atoms with Gasteiger partial charge in [-0.3, -0.25) is 0 Å². The molecule has 0 aromatic heterocycles. The fourth-order valence-corrected chi connectivity index (χ4v) is 1.39. The lowest BCUT2D eigenvalue weighted by molar-refractivity contribution is 0.0696. The number of rotatable bonds is 2. The van der Waals surface area contributed by atoms with E-state index < -0.39 is 23.0 Å². The van der Waals surface area contributed by atoms with Gasteiger partial charge in [0, 0.05) is 4.47 Å². The third kappa shape index (κ3) is 1.86. The molecule has 0 radical (unpaired) electrons. The van der Waals surface area contributed by atoms with Crippen LogP contribution in [0, 0.1) is 5.82 Å². The monoisotopic (exact) mass is 259 g/mol. The number of carbonyl (C=O) groups excluding carboxylic acids is 1. The van der Waals surface area contributed by atoms with Crippen LogP contribution in [0.4, 0.5) is 10.1 Å². The molecule has 0 amide bonds. The normalized spacial score (nSPS) is 9.29. The van der Waals surface area contributed by atoms with Gasteiger partial charge in [0.05, 0.1) is 0 Å². The van der Waals surface area contributed by atoms with Crippen molar-refractivity contribution in [2.24, 2.45) is 4.99 Å². The van der Waals surface area contributed by atoms with Crippen molar-refractivity contribution < 1.29 is 19.1 Å². The summed E-state index contributed by atoms with van der Waals surface area (Å²) in [4.78, 5) is 23.6. The molecule has 0 aliphatic carbocycles. The fourth-order valence-electron chi connectivity index (χ4n) is 0.900. The van der Waals surface area contributed by atoms with E-state index in [-0.39, 0.29) is 4.47 Å². The van der Waals surface area contributed by atoms with Gasteiger partial charge >= 0.3 is 5.97 Å². The predicted molar refractivity (Wildman–Crippen MR) is 48.8 cm³/mol. The molecule has 4 nitrogen and oxygen atoms in total. The van der Waals surface area contributed by atoms with Crippen molar-refractivity contribution in [1.29, 1.82) is 0 Å². The molecule has 0 fully saturated rings. The van der Waals surface area contributed by atoms with Gasteiger partial charge in [-0.2, -0.15) is 4.99 Å². The van der Waals surface area contributed by atoms with Gasteiger partial charge in [0.15, 0.2) is 5.82 Å². The molecule has 1 rings (SSSR count). The number of carboxylic acids is 1. The first-order valence-electron chi connectivity index (χ1n) is 3.37. The molecule has 0 atom stereocenters. The maximum atomic E-state index is 13.0. The van der Waals surface area contributed by atoms with Gasteiger partial charge in [-0.05, 0) is 28.1 Å². The van der Waals surface area contributed by atoms with E-state index >= 15 is 0 Å². The number of carbonyl (C=O) groups is 1. The Hall–Kier alpha value is -1.52. The Morgan fingerprint density at radius 1 is 1.57 bits per heavy atom. The van der Waals surface area contributed by atoms with E-state index in [2.05, 4.69) is 20.9 Å². The average molecular weight is 260 g/mol. The number of carboxylic acid groups (broad SMARTS) is 1. The van der Waals surface area contributed by atoms with Gasteiger partial charge < -0.3 is 5.11 Å². The van der Waals surface area contributed by atoms with E-state index in [1.165, 1.54) is 6.07 Å². The van der Waals surface area contributed by atoms with Gasteiger partial charge in [-0.25, -0.2) is 14.0 Å². The number of hydrogen-bond donors (Lipinski definition) is 1. The van der Waals surface area contributed by atoms with E-state index in [1.807, 2.05) is 0 Å². The van der Waals surface area contributed by atoms with Crippen LogP contribution in [-0.4, -0.2) is 17.2 Å². The maximum Gasteiger partial charge on any atom is 0.339 e. The number of halogens is 2. The van der Waals surface area contributed by atoms with E-state index in [0.717, 1.165) is 12.1 Å². The second-order valence-corrected chi connectivity index (χ2v) is 3.12. The van der Waals surface area contributed by atoms with Crippen molar-refractivity contribution in [2.75, 3.05) is 0 Å². The Balaban J connectivity index is 3.57. The van der Waals surface area contributed by atoms with Crippen LogP contribution in [0.5, 0.6) is 0 Å². The van der Waals surface area contributed by atoms with E-state index in [4.69, 9.17) is 5.11 Å². The largest absolute Gasteiger partial charge is 0.478 e. The maximum absolute atomic E-state index is 13.0. The molecule has 1 aromatic rings. The molecule has 0 unspecified atom stereocenters. The molecule has 6 heteroatoms. The first-order chi connectivity index (χ1) is 6.57. The quantitative estimate of drug-likeness (QED) is 0.655. The van der Waals surface area contributed by atoms with Crippen LogP contribution in [0.15, 0.2) is 21.6 Å². The summed E-state index contributed by atoms with van der Waals surface area (Å²) < 4.78 is 13.2. The summed E-state index contributed by atoms with van der Waals surface area (Å²) in [7, 11) is 0. The highest BCUT2D eigenvalue weighted by atomic mass is 79.9. The van der Waals surface area contributed by atoms with Gasteiger partial charge in [0.2, 0.25) is 6.08 Å². The lowest BCUT2D eigenvalue weighted by atomic mass is 10.2. The number of aromatic carboxylic acids is 1. The molecule has 0 saturated heterocycles. The zero-order chi connectivity index (χ0) is 10.7. The summed E-state index contributed by atoms with van der Waals surface area (Å²) in [5.74, 6) is -2.25. The summed E-state index contributed by atoms with van der Waals surface area (Å²) in [5.41, 5.74) is -0.921. The number of hydrogen-bond acceptors (Lipinski definition) is 3. The van der Waals surface area contributed by atoms with Gasteiger partial charge in [-0.15, -0.1) is 0 Å². The van der Waals surface area contributed by atoms with E-state index in [9.17, 15) is 14.0 Å². The fraction of sp³-hybridized carbons (Fsp3) is 0. The molecule has 1 aromatic carbocycles.